The SMILES string of the molecule is CCC(C)(C(=S)N(C)c1cccc(N(C(O)=S)C(C)C)c1)c1ccc(C(C)(C)C)cc1C(=O)O. The predicted molar refractivity (Wildman–Crippen MR) is 150 cm³/mol. The van der Waals surface area contributed by atoms with E-state index >= 15 is 0 Å². The van der Waals surface area contributed by atoms with E-state index in [1.807, 2.05) is 76.0 Å². The van der Waals surface area contributed by atoms with Crippen molar-refractivity contribution in [3.8, 4) is 0 Å². The van der Waals surface area contributed by atoms with Gasteiger partial charge in [-0.1, -0.05) is 58.1 Å². The number of aromatic carboxylic acids is 1. The lowest BCUT2D eigenvalue weighted by molar-refractivity contribution is 0.0694. The molecule has 5 nitrogen and oxygen atoms in total. The Hall–Kier alpha value is -2.51. The zero-order chi connectivity index (χ0) is 26.0. The minimum absolute atomic E-state index is 0.0228. The van der Waals surface area contributed by atoms with Gasteiger partial charge in [0.1, 0.15) is 0 Å². The van der Waals surface area contributed by atoms with Crippen LogP contribution >= 0.6 is 24.4 Å². The zero-order valence-electron chi connectivity index (χ0n) is 21.3. The van der Waals surface area contributed by atoms with Gasteiger partial charge in [-0.05, 0) is 80.2 Å². The number of aliphatic hydroxyl groups is 1. The lowest BCUT2D eigenvalue weighted by atomic mass is 9.75. The average Bonchev–Trinajstić information content (AvgIpc) is 2.76. The van der Waals surface area contributed by atoms with Crippen molar-refractivity contribution in [1.29, 1.82) is 0 Å². The molecule has 0 heterocycles. The Morgan fingerprint density at radius 2 is 1.59 bits per heavy atom. The Morgan fingerprint density at radius 3 is 2.06 bits per heavy atom. The summed E-state index contributed by atoms with van der Waals surface area (Å²) >= 11 is 11.0. The number of aliphatic hydroxyl groups excluding tert-OH is 1. The zero-order valence-corrected chi connectivity index (χ0v) is 23.0. The summed E-state index contributed by atoms with van der Waals surface area (Å²) < 4.78 is 0. The summed E-state index contributed by atoms with van der Waals surface area (Å²) in [4.78, 5) is 16.5. The van der Waals surface area contributed by atoms with Gasteiger partial charge in [0.2, 0.25) is 0 Å². The van der Waals surface area contributed by atoms with Gasteiger partial charge in [-0.2, -0.15) is 0 Å². The Kier molecular flexibility index (Phi) is 8.48. The Labute approximate surface area is 214 Å². The van der Waals surface area contributed by atoms with Gasteiger partial charge in [-0.15, -0.1) is 0 Å². The van der Waals surface area contributed by atoms with Crippen LogP contribution in [-0.2, 0) is 10.8 Å². The van der Waals surface area contributed by atoms with Crippen LogP contribution in [-0.4, -0.2) is 39.4 Å². The summed E-state index contributed by atoms with van der Waals surface area (Å²) in [6, 6.07) is 13.3. The molecule has 1 atom stereocenters. The quantitative estimate of drug-likeness (QED) is 0.402. The van der Waals surface area contributed by atoms with Crippen LogP contribution in [0.1, 0.15) is 76.4 Å². The van der Waals surface area contributed by atoms with E-state index in [0.29, 0.717) is 17.0 Å². The van der Waals surface area contributed by atoms with Crippen molar-refractivity contribution in [3.05, 3.63) is 59.2 Å². The smallest absolute Gasteiger partial charge is 0.336 e. The van der Waals surface area contributed by atoms with Crippen LogP contribution in [0.3, 0.4) is 0 Å². The van der Waals surface area contributed by atoms with Crippen LogP contribution in [0.4, 0.5) is 11.4 Å². The highest BCUT2D eigenvalue weighted by atomic mass is 32.1. The summed E-state index contributed by atoms with van der Waals surface area (Å²) in [7, 11) is 1.89. The number of nitrogens with zero attached hydrogens (tertiary/aromatic N) is 2. The summed E-state index contributed by atoms with van der Waals surface area (Å²) in [5, 5.41) is 19.9. The first-order valence-electron chi connectivity index (χ1n) is 11.4. The maximum absolute atomic E-state index is 12.3. The number of carboxylic acid groups (broad SMARTS) is 1. The fourth-order valence-corrected chi connectivity index (χ4v) is 4.77. The molecule has 0 fully saturated rings. The number of carbonyl (C=O) groups is 1. The van der Waals surface area contributed by atoms with E-state index in [9.17, 15) is 15.0 Å². The molecule has 0 aromatic heterocycles. The number of hydrogen-bond donors (Lipinski definition) is 2. The van der Waals surface area contributed by atoms with Gasteiger partial charge in [-0.25, -0.2) is 4.79 Å². The molecular weight excluding hydrogens is 464 g/mol. The molecule has 0 spiro atoms. The Morgan fingerprint density at radius 1 is 1.00 bits per heavy atom. The molecular formula is C27H36N2O3S2. The normalized spacial score (nSPS) is 13.3. The van der Waals surface area contributed by atoms with Crippen molar-refractivity contribution < 1.29 is 15.0 Å². The van der Waals surface area contributed by atoms with Crippen molar-refractivity contribution in [2.24, 2.45) is 0 Å². The second-order valence-electron chi connectivity index (χ2n) is 10.1. The fraction of sp³-hybridized carbons (Fsp3) is 0.444. The van der Waals surface area contributed by atoms with Crippen molar-refractivity contribution >= 4 is 51.9 Å². The van der Waals surface area contributed by atoms with Gasteiger partial charge < -0.3 is 20.0 Å². The minimum Gasteiger partial charge on any atom is -0.486 e. The molecule has 0 amide bonds. The molecule has 7 heteroatoms. The average molecular weight is 501 g/mol. The van der Waals surface area contributed by atoms with Crippen LogP contribution in [0.15, 0.2) is 42.5 Å². The van der Waals surface area contributed by atoms with Gasteiger partial charge >= 0.3 is 5.97 Å². The lowest BCUT2D eigenvalue weighted by Crippen LogP contribution is -2.43. The van der Waals surface area contributed by atoms with Gasteiger partial charge in [-0.3, -0.25) is 0 Å². The highest BCUT2D eigenvalue weighted by molar-refractivity contribution is 7.80. The van der Waals surface area contributed by atoms with Crippen LogP contribution in [0, 0.1) is 0 Å². The molecule has 0 aliphatic rings. The molecule has 1 unspecified atom stereocenters. The third-order valence-electron chi connectivity index (χ3n) is 6.41. The molecule has 0 bridgehead atoms. The summed E-state index contributed by atoms with van der Waals surface area (Å²) in [6.07, 6.45) is 0.629. The van der Waals surface area contributed by atoms with Crippen molar-refractivity contribution in [1.82, 2.24) is 0 Å². The first-order valence-corrected chi connectivity index (χ1v) is 12.3. The van der Waals surface area contributed by atoms with Crippen LogP contribution in [0.25, 0.3) is 0 Å². The van der Waals surface area contributed by atoms with Crippen molar-refractivity contribution in [3.63, 3.8) is 0 Å². The van der Waals surface area contributed by atoms with Gasteiger partial charge in [0, 0.05) is 29.9 Å². The van der Waals surface area contributed by atoms with E-state index < -0.39 is 11.4 Å². The van der Waals surface area contributed by atoms with E-state index in [-0.39, 0.29) is 22.2 Å². The monoisotopic (exact) mass is 500 g/mol. The van der Waals surface area contributed by atoms with E-state index in [1.165, 1.54) is 0 Å². The maximum atomic E-state index is 12.3. The molecule has 2 aromatic rings. The summed E-state index contributed by atoms with van der Waals surface area (Å²) in [6.45, 7) is 14.1. The van der Waals surface area contributed by atoms with Gasteiger partial charge in [0.25, 0.3) is 5.17 Å². The molecule has 0 aliphatic carbocycles. The van der Waals surface area contributed by atoms with E-state index in [2.05, 4.69) is 20.8 Å². The third-order valence-corrected chi connectivity index (χ3v) is 7.33. The molecule has 0 saturated carbocycles. The molecule has 2 aromatic carbocycles. The first kappa shape index (κ1) is 27.7. The summed E-state index contributed by atoms with van der Waals surface area (Å²) in [5.74, 6) is -0.961. The second kappa shape index (κ2) is 10.4. The second-order valence-corrected chi connectivity index (χ2v) is 10.9. The number of anilines is 2. The van der Waals surface area contributed by atoms with Crippen LogP contribution in [0.5, 0.6) is 0 Å². The van der Waals surface area contributed by atoms with Gasteiger partial charge in [0.15, 0.2) is 0 Å². The standard InChI is InChI=1S/C27H36N2O3S2/c1-9-27(7,22-14-13-18(26(4,5)6)15-21(22)23(30)31)24(33)28(8)19-11-10-12-20(16-19)29(17(2)3)25(32)34/h10-17H,9H2,1-8H3,(H,30,31)(H,32,34). The lowest BCUT2D eigenvalue weighted by Gasteiger charge is -2.37. The number of likely N-dealkylation sites (N-methyl/N-ethyl adjacent to an activating group) is 1. The highest BCUT2D eigenvalue weighted by Gasteiger charge is 2.36. The predicted octanol–water partition coefficient (Wildman–Crippen LogP) is 6.87. The molecule has 2 N–H and O–H groups in total. The Balaban J connectivity index is 2.56. The third kappa shape index (κ3) is 5.58. The van der Waals surface area contributed by atoms with E-state index in [0.717, 1.165) is 16.9 Å². The minimum atomic E-state index is -0.961. The van der Waals surface area contributed by atoms with E-state index in [4.69, 9.17) is 24.4 Å². The first-order chi connectivity index (χ1) is 15.6. The highest BCUT2D eigenvalue weighted by Crippen LogP contribution is 2.37. The number of carboxylic acids is 1. The molecule has 0 radical (unpaired) electrons. The topological polar surface area (TPSA) is 64.0 Å². The van der Waals surface area contributed by atoms with Gasteiger partial charge in [0.05, 0.1) is 10.6 Å². The van der Waals surface area contributed by atoms with Crippen molar-refractivity contribution in [2.45, 2.75) is 71.8 Å². The molecule has 0 saturated heterocycles. The largest absolute Gasteiger partial charge is 0.486 e. The van der Waals surface area contributed by atoms with Crippen LogP contribution < -0.4 is 9.80 Å². The number of rotatable bonds is 7. The number of thiocarbonyl (C=S) groups is 2. The molecule has 184 valence electrons. The van der Waals surface area contributed by atoms with Crippen molar-refractivity contribution in [2.75, 3.05) is 16.8 Å². The fourth-order valence-electron chi connectivity index (χ4n) is 4.09. The summed E-state index contributed by atoms with van der Waals surface area (Å²) in [5.41, 5.74) is 2.67. The number of benzene rings is 2. The molecule has 2 rings (SSSR count). The van der Waals surface area contributed by atoms with E-state index in [1.54, 1.807) is 11.0 Å². The molecule has 0 aliphatic heterocycles. The number of hydrogen-bond acceptors (Lipinski definition) is 3. The Bertz CT molecular complexity index is 1090. The molecule has 34 heavy (non-hydrogen) atoms. The van der Waals surface area contributed by atoms with Crippen LogP contribution in [0.2, 0.25) is 0 Å². The maximum Gasteiger partial charge on any atom is 0.336 e.